The number of nitrogens with one attached hydrogen (secondary N) is 3. The van der Waals surface area contributed by atoms with Crippen LogP contribution in [0.15, 0.2) is 28.9 Å². The fourth-order valence-electron chi connectivity index (χ4n) is 1.55. The second-order valence-electron chi connectivity index (χ2n) is 3.77. The van der Waals surface area contributed by atoms with Crippen LogP contribution in [-0.4, -0.2) is 27.2 Å². The van der Waals surface area contributed by atoms with Crippen molar-refractivity contribution in [2.45, 2.75) is 6.92 Å². The predicted molar refractivity (Wildman–Crippen MR) is 79.7 cm³/mol. The lowest BCUT2D eigenvalue weighted by Crippen LogP contribution is -2.01. The fraction of sp³-hybridized carbons (Fsp3) is 0.167. The molecule has 1 heterocycles. The second kappa shape index (κ2) is 6.68. The van der Waals surface area contributed by atoms with Gasteiger partial charge in [-0.1, -0.05) is 15.9 Å². The fourth-order valence-corrected chi connectivity index (χ4v) is 1.91. The van der Waals surface area contributed by atoms with E-state index in [-0.39, 0.29) is 5.82 Å². The molecular formula is C12H12BrN7. The lowest BCUT2D eigenvalue weighted by Gasteiger charge is -2.11. The van der Waals surface area contributed by atoms with Gasteiger partial charge in [0, 0.05) is 17.2 Å². The molecule has 0 radical (unpaired) electrons. The quantitative estimate of drug-likeness (QED) is 0.726. The SMILES string of the molecule is CCNc1ccc(Br)cc1NC=C(C#N)c1nn[nH]n1. The van der Waals surface area contributed by atoms with E-state index in [4.69, 9.17) is 5.26 Å². The largest absolute Gasteiger partial charge is 0.384 e. The first kappa shape index (κ1) is 14.0. The number of anilines is 2. The van der Waals surface area contributed by atoms with Crippen LogP contribution >= 0.6 is 15.9 Å². The summed E-state index contributed by atoms with van der Waals surface area (Å²) in [5.74, 6) is 0.250. The van der Waals surface area contributed by atoms with Crippen molar-refractivity contribution >= 4 is 32.9 Å². The van der Waals surface area contributed by atoms with Crippen molar-refractivity contribution in [3.05, 3.63) is 34.7 Å². The number of nitriles is 1. The van der Waals surface area contributed by atoms with E-state index in [2.05, 4.69) is 47.2 Å². The summed E-state index contributed by atoms with van der Waals surface area (Å²) in [6, 6.07) is 7.83. The number of halogens is 1. The highest BCUT2D eigenvalue weighted by Crippen LogP contribution is 2.26. The molecule has 0 amide bonds. The minimum atomic E-state index is 0.250. The average molecular weight is 334 g/mol. The molecule has 0 unspecified atom stereocenters. The van der Waals surface area contributed by atoms with E-state index in [9.17, 15) is 0 Å². The Morgan fingerprint density at radius 3 is 3.00 bits per heavy atom. The van der Waals surface area contributed by atoms with Gasteiger partial charge in [0.2, 0.25) is 5.82 Å². The van der Waals surface area contributed by atoms with Gasteiger partial charge in [0.15, 0.2) is 0 Å². The van der Waals surface area contributed by atoms with Crippen molar-refractivity contribution in [1.29, 1.82) is 5.26 Å². The molecule has 0 aliphatic rings. The Balaban J connectivity index is 2.25. The molecule has 1 aromatic carbocycles. The van der Waals surface area contributed by atoms with Crippen molar-refractivity contribution in [2.75, 3.05) is 17.2 Å². The van der Waals surface area contributed by atoms with Gasteiger partial charge in [0.05, 0.1) is 11.4 Å². The van der Waals surface area contributed by atoms with Crippen LogP contribution in [0.4, 0.5) is 11.4 Å². The number of hydrogen-bond donors (Lipinski definition) is 3. The topological polar surface area (TPSA) is 102 Å². The first-order valence-corrected chi connectivity index (χ1v) is 6.68. The summed E-state index contributed by atoms with van der Waals surface area (Å²) in [7, 11) is 0. The molecule has 102 valence electrons. The summed E-state index contributed by atoms with van der Waals surface area (Å²) < 4.78 is 0.938. The number of hydrogen-bond acceptors (Lipinski definition) is 6. The van der Waals surface area contributed by atoms with Crippen LogP contribution in [0, 0.1) is 11.3 Å². The van der Waals surface area contributed by atoms with Gasteiger partial charge >= 0.3 is 0 Å². The Morgan fingerprint density at radius 2 is 2.35 bits per heavy atom. The summed E-state index contributed by atoms with van der Waals surface area (Å²) in [5, 5.41) is 28.7. The van der Waals surface area contributed by atoms with Crippen LogP contribution in [-0.2, 0) is 0 Å². The molecule has 0 bridgehead atoms. The van der Waals surface area contributed by atoms with E-state index in [0.717, 1.165) is 22.4 Å². The minimum absolute atomic E-state index is 0.250. The summed E-state index contributed by atoms with van der Waals surface area (Å²) in [5.41, 5.74) is 2.08. The van der Waals surface area contributed by atoms with E-state index in [1.165, 1.54) is 0 Å². The van der Waals surface area contributed by atoms with E-state index in [0.29, 0.717) is 5.57 Å². The molecule has 3 N–H and O–H groups in total. The summed E-state index contributed by atoms with van der Waals surface area (Å²) in [6.07, 6.45) is 1.55. The maximum Gasteiger partial charge on any atom is 0.216 e. The summed E-state index contributed by atoms with van der Waals surface area (Å²) in [4.78, 5) is 0. The number of tetrazole rings is 1. The predicted octanol–water partition coefficient (Wildman–Crippen LogP) is 2.37. The van der Waals surface area contributed by atoms with Crippen LogP contribution in [0.3, 0.4) is 0 Å². The average Bonchev–Trinajstić information content (AvgIpc) is 2.96. The van der Waals surface area contributed by atoms with Crippen molar-refractivity contribution < 1.29 is 0 Å². The van der Waals surface area contributed by atoms with Gasteiger partial charge in [-0.25, -0.2) is 0 Å². The molecule has 20 heavy (non-hydrogen) atoms. The molecule has 1 aromatic heterocycles. The van der Waals surface area contributed by atoms with E-state index in [1.54, 1.807) is 6.20 Å². The van der Waals surface area contributed by atoms with Crippen LogP contribution in [0.2, 0.25) is 0 Å². The lowest BCUT2D eigenvalue weighted by atomic mass is 10.2. The monoisotopic (exact) mass is 333 g/mol. The Morgan fingerprint density at radius 1 is 1.50 bits per heavy atom. The van der Waals surface area contributed by atoms with Crippen molar-refractivity contribution in [2.24, 2.45) is 0 Å². The standard InChI is InChI=1S/C12H12BrN7/c1-2-15-10-4-3-9(13)5-11(10)16-7-8(6-14)12-17-19-20-18-12/h3-5,7,15-16H,2H2,1H3,(H,17,18,19,20). The molecule has 2 aromatic rings. The number of rotatable bonds is 5. The molecule has 7 nitrogen and oxygen atoms in total. The Hall–Kier alpha value is -2.40. The molecular weight excluding hydrogens is 322 g/mol. The maximum absolute atomic E-state index is 9.10. The third kappa shape index (κ3) is 3.33. The van der Waals surface area contributed by atoms with Gasteiger partial charge in [-0.3, -0.25) is 0 Å². The Bertz CT molecular complexity index is 642. The molecule has 0 saturated carbocycles. The Labute approximate surface area is 124 Å². The number of allylic oxidation sites excluding steroid dienone is 1. The van der Waals surface area contributed by atoms with Gasteiger partial charge in [0.25, 0.3) is 0 Å². The molecule has 0 saturated heterocycles. The number of aromatic nitrogens is 4. The number of H-pyrrole nitrogens is 1. The molecule has 2 rings (SSSR count). The van der Waals surface area contributed by atoms with Crippen LogP contribution in [0.1, 0.15) is 12.7 Å². The van der Waals surface area contributed by atoms with Crippen LogP contribution in [0.25, 0.3) is 5.57 Å². The van der Waals surface area contributed by atoms with E-state index < -0.39 is 0 Å². The van der Waals surface area contributed by atoms with Gasteiger partial charge in [-0.15, -0.1) is 10.2 Å². The second-order valence-corrected chi connectivity index (χ2v) is 4.69. The van der Waals surface area contributed by atoms with Gasteiger partial charge < -0.3 is 10.6 Å². The van der Waals surface area contributed by atoms with Crippen molar-refractivity contribution in [3.8, 4) is 6.07 Å². The first-order chi connectivity index (χ1) is 9.74. The molecule has 8 heteroatoms. The molecule has 0 atom stereocenters. The molecule has 0 aliphatic heterocycles. The highest BCUT2D eigenvalue weighted by molar-refractivity contribution is 9.10. The first-order valence-electron chi connectivity index (χ1n) is 5.88. The number of nitrogens with zero attached hydrogens (tertiary/aromatic N) is 4. The van der Waals surface area contributed by atoms with Crippen LogP contribution in [0.5, 0.6) is 0 Å². The highest BCUT2D eigenvalue weighted by Gasteiger charge is 2.06. The third-order valence-electron chi connectivity index (χ3n) is 2.43. The minimum Gasteiger partial charge on any atom is -0.384 e. The lowest BCUT2D eigenvalue weighted by molar-refractivity contribution is 0.881. The normalized spacial score (nSPS) is 10.9. The third-order valence-corrected chi connectivity index (χ3v) is 2.92. The zero-order chi connectivity index (χ0) is 14.4. The molecule has 0 fully saturated rings. The van der Waals surface area contributed by atoms with Crippen molar-refractivity contribution in [3.63, 3.8) is 0 Å². The number of benzene rings is 1. The zero-order valence-corrected chi connectivity index (χ0v) is 12.3. The molecule has 0 spiro atoms. The maximum atomic E-state index is 9.10. The van der Waals surface area contributed by atoms with E-state index in [1.807, 2.05) is 31.2 Å². The summed E-state index contributed by atoms with van der Waals surface area (Å²) in [6.45, 7) is 2.82. The Kier molecular flexibility index (Phi) is 4.68. The van der Waals surface area contributed by atoms with Gasteiger partial charge in [-0.2, -0.15) is 10.5 Å². The summed E-state index contributed by atoms with van der Waals surface area (Å²) >= 11 is 3.42. The van der Waals surface area contributed by atoms with Gasteiger partial charge in [0.1, 0.15) is 11.6 Å². The van der Waals surface area contributed by atoms with E-state index >= 15 is 0 Å². The smallest absolute Gasteiger partial charge is 0.216 e. The molecule has 0 aliphatic carbocycles. The van der Waals surface area contributed by atoms with Crippen molar-refractivity contribution in [1.82, 2.24) is 20.6 Å². The van der Waals surface area contributed by atoms with Crippen LogP contribution < -0.4 is 10.6 Å². The zero-order valence-electron chi connectivity index (χ0n) is 10.7. The number of aromatic amines is 1. The van der Waals surface area contributed by atoms with Gasteiger partial charge in [-0.05, 0) is 30.3 Å². The highest BCUT2D eigenvalue weighted by atomic mass is 79.9.